The van der Waals surface area contributed by atoms with E-state index in [0.717, 1.165) is 5.56 Å². The SMILES string of the molecule is O=C1O[C@@H](CBr)c2ccccc21. The molecule has 0 unspecified atom stereocenters. The van der Waals surface area contributed by atoms with Crippen molar-refractivity contribution in [3.05, 3.63) is 35.4 Å². The molecular formula is C9H7BrO2. The Morgan fingerprint density at radius 2 is 2.17 bits per heavy atom. The topological polar surface area (TPSA) is 26.3 Å². The summed E-state index contributed by atoms with van der Waals surface area (Å²) < 4.78 is 5.10. The number of carbonyl (C=O) groups is 1. The molecule has 0 saturated heterocycles. The Kier molecular flexibility index (Phi) is 1.89. The molecule has 0 saturated carbocycles. The van der Waals surface area contributed by atoms with Gasteiger partial charge < -0.3 is 4.74 Å². The van der Waals surface area contributed by atoms with Crippen molar-refractivity contribution in [1.29, 1.82) is 0 Å². The lowest BCUT2D eigenvalue weighted by Gasteiger charge is -2.04. The predicted octanol–water partition coefficient (Wildman–Crippen LogP) is 2.29. The Morgan fingerprint density at radius 1 is 1.42 bits per heavy atom. The quantitative estimate of drug-likeness (QED) is 0.543. The van der Waals surface area contributed by atoms with Crippen molar-refractivity contribution in [1.82, 2.24) is 0 Å². The summed E-state index contributed by atoms with van der Waals surface area (Å²) in [7, 11) is 0. The molecule has 1 aromatic carbocycles. The highest BCUT2D eigenvalue weighted by atomic mass is 79.9. The molecule has 2 rings (SSSR count). The van der Waals surface area contributed by atoms with E-state index in [9.17, 15) is 4.79 Å². The Hall–Kier alpha value is -0.830. The standard InChI is InChI=1S/C9H7BrO2/c10-5-8-6-3-1-2-4-7(6)9(11)12-8/h1-4,8H,5H2/t8-/m0/s1. The lowest BCUT2D eigenvalue weighted by atomic mass is 10.1. The molecule has 1 heterocycles. The van der Waals surface area contributed by atoms with Gasteiger partial charge >= 0.3 is 5.97 Å². The second kappa shape index (κ2) is 2.90. The third-order valence-corrected chi connectivity index (χ3v) is 2.51. The number of carbonyl (C=O) groups excluding carboxylic acids is 1. The Bertz CT molecular complexity index is 322. The van der Waals surface area contributed by atoms with Crippen LogP contribution in [0.4, 0.5) is 0 Å². The van der Waals surface area contributed by atoms with E-state index in [1.807, 2.05) is 18.2 Å². The van der Waals surface area contributed by atoms with Crippen LogP contribution in [0.15, 0.2) is 24.3 Å². The summed E-state index contributed by atoms with van der Waals surface area (Å²) in [6.45, 7) is 0. The maximum absolute atomic E-state index is 11.2. The lowest BCUT2D eigenvalue weighted by Crippen LogP contribution is -1.98. The van der Waals surface area contributed by atoms with Crippen molar-refractivity contribution in [3.63, 3.8) is 0 Å². The monoisotopic (exact) mass is 226 g/mol. The zero-order valence-corrected chi connectivity index (χ0v) is 7.87. The Morgan fingerprint density at radius 3 is 2.92 bits per heavy atom. The number of halogens is 1. The largest absolute Gasteiger partial charge is 0.453 e. The number of benzene rings is 1. The summed E-state index contributed by atoms with van der Waals surface area (Å²) in [6, 6.07) is 7.47. The third-order valence-electron chi connectivity index (χ3n) is 1.92. The van der Waals surface area contributed by atoms with Crippen molar-refractivity contribution in [3.8, 4) is 0 Å². The molecule has 1 aliphatic heterocycles. The molecule has 1 aliphatic rings. The smallest absolute Gasteiger partial charge is 0.339 e. The van der Waals surface area contributed by atoms with Crippen molar-refractivity contribution in [2.24, 2.45) is 0 Å². The minimum atomic E-state index is -0.213. The van der Waals surface area contributed by atoms with Gasteiger partial charge in [-0.05, 0) is 6.07 Å². The fourth-order valence-electron chi connectivity index (χ4n) is 1.33. The van der Waals surface area contributed by atoms with Crippen LogP contribution < -0.4 is 0 Å². The zero-order chi connectivity index (χ0) is 8.55. The van der Waals surface area contributed by atoms with E-state index >= 15 is 0 Å². The van der Waals surface area contributed by atoms with Crippen molar-refractivity contribution in [2.45, 2.75) is 6.10 Å². The molecule has 62 valence electrons. The highest BCUT2D eigenvalue weighted by Gasteiger charge is 2.29. The van der Waals surface area contributed by atoms with Crippen molar-refractivity contribution >= 4 is 21.9 Å². The van der Waals surface area contributed by atoms with Gasteiger partial charge in [-0.2, -0.15) is 0 Å². The van der Waals surface area contributed by atoms with Crippen LogP contribution in [-0.4, -0.2) is 11.3 Å². The number of fused-ring (bicyclic) bond motifs is 1. The first-order chi connectivity index (χ1) is 5.83. The summed E-state index contributed by atoms with van der Waals surface area (Å²) in [5.41, 5.74) is 1.68. The number of cyclic esters (lactones) is 1. The van der Waals surface area contributed by atoms with Gasteiger partial charge in [0.25, 0.3) is 0 Å². The number of ether oxygens (including phenoxy) is 1. The van der Waals surface area contributed by atoms with Crippen LogP contribution in [0.3, 0.4) is 0 Å². The fourth-order valence-corrected chi connectivity index (χ4v) is 1.82. The maximum atomic E-state index is 11.2. The highest BCUT2D eigenvalue weighted by molar-refractivity contribution is 9.09. The maximum Gasteiger partial charge on any atom is 0.339 e. The second-order valence-corrected chi connectivity index (χ2v) is 3.28. The predicted molar refractivity (Wildman–Crippen MR) is 48.4 cm³/mol. The van der Waals surface area contributed by atoms with E-state index in [0.29, 0.717) is 10.9 Å². The van der Waals surface area contributed by atoms with Crippen molar-refractivity contribution < 1.29 is 9.53 Å². The minimum Gasteiger partial charge on any atom is -0.453 e. The molecule has 0 aliphatic carbocycles. The van der Waals surface area contributed by atoms with Gasteiger partial charge in [0.2, 0.25) is 0 Å². The average molecular weight is 227 g/mol. The van der Waals surface area contributed by atoms with Crippen LogP contribution >= 0.6 is 15.9 Å². The normalized spacial score (nSPS) is 20.4. The molecule has 3 heteroatoms. The van der Waals surface area contributed by atoms with Gasteiger partial charge in [0.15, 0.2) is 0 Å². The molecule has 2 nitrogen and oxygen atoms in total. The summed E-state index contributed by atoms with van der Waals surface area (Å²) in [6.07, 6.45) is -0.103. The highest BCUT2D eigenvalue weighted by Crippen LogP contribution is 2.31. The fraction of sp³-hybridized carbons (Fsp3) is 0.222. The van der Waals surface area contributed by atoms with Crippen LogP contribution in [-0.2, 0) is 4.74 Å². The van der Waals surface area contributed by atoms with Crippen LogP contribution in [0.1, 0.15) is 22.0 Å². The number of hydrogen-bond donors (Lipinski definition) is 0. The average Bonchev–Trinajstić information content (AvgIpc) is 2.44. The Balaban J connectivity index is 2.50. The summed E-state index contributed by atoms with van der Waals surface area (Å²) in [4.78, 5) is 11.2. The van der Waals surface area contributed by atoms with E-state index in [4.69, 9.17) is 4.74 Å². The lowest BCUT2D eigenvalue weighted by molar-refractivity contribution is 0.0432. The number of esters is 1. The van der Waals surface area contributed by atoms with E-state index < -0.39 is 0 Å². The van der Waals surface area contributed by atoms with Gasteiger partial charge in [0, 0.05) is 10.9 Å². The molecule has 1 aromatic rings. The van der Waals surface area contributed by atoms with E-state index in [-0.39, 0.29) is 12.1 Å². The second-order valence-electron chi connectivity index (χ2n) is 2.64. The van der Waals surface area contributed by atoms with Gasteiger partial charge in [-0.3, -0.25) is 0 Å². The number of hydrogen-bond acceptors (Lipinski definition) is 2. The molecule has 0 radical (unpaired) electrons. The van der Waals surface area contributed by atoms with Gasteiger partial charge in [0.1, 0.15) is 6.10 Å². The van der Waals surface area contributed by atoms with Gasteiger partial charge in [-0.1, -0.05) is 34.1 Å². The molecule has 0 N–H and O–H groups in total. The molecule has 12 heavy (non-hydrogen) atoms. The molecule has 0 aromatic heterocycles. The molecule has 0 spiro atoms. The number of alkyl halides is 1. The molecular weight excluding hydrogens is 220 g/mol. The van der Waals surface area contributed by atoms with E-state index in [2.05, 4.69) is 15.9 Å². The van der Waals surface area contributed by atoms with Gasteiger partial charge in [-0.25, -0.2) is 4.79 Å². The van der Waals surface area contributed by atoms with Crippen LogP contribution in [0.5, 0.6) is 0 Å². The van der Waals surface area contributed by atoms with Crippen molar-refractivity contribution in [2.75, 3.05) is 5.33 Å². The molecule has 0 fully saturated rings. The van der Waals surface area contributed by atoms with Gasteiger partial charge in [0.05, 0.1) is 5.56 Å². The summed E-state index contributed by atoms with van der Waals surface area (Å²) >= 11 is 3.30. The number of rotatable bonds is 1. The molecule has 1 atom stereocenters. The van der Waals surface area contributed by atoms with Crippen LogP contribution in [0, 0.1) is 0 Å². The van der Waals surface area contributed by atoms with E-state index in [1.165, 1.54) is 0 Å². The first-order valence-corrected chi connectivity index (χ1v) is 4.81. The first-order valence-electron chi connectivity index (χ1n) is 3.69. The van der Waals surface area contributed by atoms with Gasteiger partial charge in [-0.15, -0.1) is 0 Å². The Labute approximate surface area is 78.7 Å². The molecule has 0 bridgehead atoms. The van der Waals surface area contributed by atoms with Crippen LogP contribution in [0.2, 0.25) is 0 Å². The molecule has 0 amide bonds. The zero-order valence-electron chi connectivity index (χ0n) is 6.29. The summed E-state index contributed by atoms with van der Waals surface area (Å²) in [5.74, 6) is -0.213. The minimum absolute atomic E-state index is 0.103. The van der Waals surface area contributed by atoms with E-state index in [1.54, 1.807) is 6.07 Å². The van der Waals surface area contributed by atoms with Crippen LogP contribution in [0.25, 0.3) is 0 Å². The summed E-state index contributed by atoms with van der Waals surface area (Å²) in [5, 5.41) is 0.662. The first kappa shape index (κ1) is 7.80. The third kappa shape index (κ3) is 1.05.